The first kappa shape index (κ1) is 21.7. The van der Waals surface area contributed by atoms with E-state index in [9.17, 15) is 14.4 Å². The van der Waals surface area contributed by atoms with Crippen LogP contribution in [0.5, 0.6) is 11.5 Å². The minimum Gasteiger partial charge on any atom is -0.494 e. The Morgan fingerprint density at radius 2 is 1.84 bits per heavy atom. The summed E-state index contributed by atoms with van der Waals surface area (Å²) in [6.07, 6.45) is 1.48. The number of carbonyl (C=O) groups is 3. The maximum Gasteiger partial charge on any atom is 0.229 e. The smallest absolute Gasteiger partial charge is 0.229 e. The van der Waals surface area contributed by atoms with Gasteiger partial charge in [0.2, 0.25) is 17.7 Å². The number of amides is 3. The Kier molecular flexibility index (Phi) is 6.30. The highest BCUT2D eigenvalue weighted by molar-refractivity contribution is 6.04. The Morgan fingerprint density at radius 1 is 1.06 bits per heavy atom. The van der Waals surface area contributed by atoms with Gasteiger partial charge in [-0.1, -0.05) is 12.1 Å². The molecule has 8 heteroatoms. The highest BCUT2D eigenvalue weighted by atomic mass is 16.5. The predicted molar refractivity (Wildman–Crippen MR) is 121 cm³/mol. The Balaban J connectivity index is 1.47. The summed E-state index contributed by atoms with van der Waals surface area (Å²) in [7, 11) is 1.54. The fraction of sp³-hybridized carbons (Fsp3) is 0.375. The van der Waals surface area contributed by atoms with Crippen LogP contribution in [0.3, 0.4) is 0 Å². The minimum absolute atomic E-state index is 0.0666. The van der Waals surface area contributed by atoms with Gasteiger partial charge in [0.25, 0.3) is 0 Å². The minimum atomic E-state index is -0.483. The SMILES string of the molecule is CCOc1ccccc1N1C[C@H](C(=O)Nc2ccc(N3CCCC3=O)c(OC)c2)CC1=O. The van der Waals surface area contributed by atoms with Crippen molar-refractivity contribution in [2.24, 2.45) is 5.92 Å². The summed E-state index contributed by atoms with van der Waals surface area (Å²) in [4.78, 5) is 41.0. The number of ether oxygens (including phenoxy) is 2. The molecule has 8 nitrogen and oxygen atoms in total. The molecule has 0 saturated carbocycles. The van der Waals surface area contributed by atoms with Crippen molar-refractivity contribution >= 4 is 34.8 Å². The second-order valence-electron chi connectivity index (χ2n) is 7.83. The molecule has 2 aromatic rings. The molecule has 0 bridgehead atoms. The molecule has 2 heterocycles. The number of hydrogen-bond donors (Lipinski definition) is 1. The Morgan fingerprint density at radius 3 is 2.56 bits per heavy atom. The molecule has 0 radical (unpaired) electrons. The molecule has 2 fully saturated rings. The van der Waals surface area contributed by atoms with E-state index in [-0.39, 0.29) is 30.7 Å². The highest BCUT2D eigenvalue weighted by Gasteiger charge is 2.36. The maximum absolute atomic E-state index is 12.9. The van der Waals surface area contributed by atoms with Crippen LogP contribution in [0.25, 0.3) is 0 Å². The van der Waals surface area contributed by atoms with E-state index in [4.69, 9.17) is 9.47 Å². The van der Waals surface area contributed by atoms with E-state index in [2.05, 4.69) is 5.32 Å². The van der Waals surface area contributed by atoms with Crippen molar-refractivity contribution in [3.63, 3.8) is 0 Å². The van der Waals surface area contributed by atoms with Crippen molar-refractivity contribution in [1.82, 2.24) is 0 Å². The highest BCUT2D eigenvalue weighted by Crippen LogP contribution is 2.35. The van der Waals surface area contributed by atoms with Crippen molar-refractivity contribution in [2.75, 3.05) is 41.9 Å². The number of benzene rings is 2. The molecule has 3 amide bonds. The Bertz CT molecular complexity index is 1040. The van der Waals surface area contributed by atoms with E-state index < -0.39 is 5.92 Å². The lowest BCUT2D eigenvalue weighted by Crippen LogP contribution is -2.28. The second kappa shape index (κ2) is 9.30. The zero-order chi connectivity index (χ0) is 22.7. The number of rotatable bonds is 7. The molecule has 0 aliphatic carbocycles. The zero-order valence-electron chi connectivity index (χ0n) is 18.3. The number of hydrogen-bond acceptors (Lipinski definition) is 5. The van der Waals surface area contributed by atoms with Crippen LogP contribution in [-0.2, 0) is 14.4 Å². The molecule has 1 N–H and O–H groups in total. The number of methoxy groups -OCH3 is 1. The predicted octanol–water partition coefficient (Wildman–Crippen LogP) is 3.21. The molecular weight excluding hydrogens is 410 g/mol. The van der Waals surface area contributed by atoms with Crippen LogP contribution >= 0.6 is 0 Å². The molecule has 1 atom stereocenters. The van der Waals surface area contributed by atoms with E-state index in [1.165, 1.54) is 7.11 Å². The van der Waals surface area contributed by atoms with Gasteiger partial charge in [-0.2, -0.15) is 0 Å². The molecule has 2 aliphatic rings. The molecule has 0 spiro atoms. The molecule has 2 aromatic carbocycles. The van der Waals surface area contributed by atoms with Gasteiger partial charge in [-0.3, -0.25) is 14.4 Å². The van der Waals surface area contributed by atoms with Gasteiger partial charge in [-0.15, -0.1) is 0 Å². The Labute approximate surface area is 187 Å². The number of para-hydroxylation sites is 2. The van der Waals surface area contributed by atoms with Crippen LogP contribution in [-0.4, -0.2) is 44.5 Å². The zero-order valence-corrected chi connectivity index (χ0v) is 18.3. The van der Waals surface area contributed by atoms with E-state index in [0.29, 0.717) is 48.1 Å². The summed E-state index contributed by atoms with van der Waals surface area (Å²) in [5, 5.41) is 2.89. The second-order valence-corrected chi connectivity index (χ2v) is 7.83. The van der Waals surface area contributed by atoms with Gasteiger partial charge in [0.15, 0.2) is 0 Å². The van der Waals surface area contributed by atoms with Crippen LogP contribution < -0.4 is 24.6 Å². The number of anilines is 3. The maximum atomic E-state index is 12.9. The van der Waals surface area contributed by atoms with Crippen LogP contribution in [0.1, 0.15) is 26.2 Å². The van der Waals surface area contributed by atoms with Crippen LogP contribution in [0, 0.1) is 5.92 Å². The lowest BCUT2D eigenvalue weighted by atomic mass is 10.1. The third-order valence-corrected chi connectivity index (χ3v) is 5.76. The first-order valence-corrected chi connectivity index (χ1v) is 10.8. The van der Waals surface area contributed by atoms with E-state index in [1.54, 1.807) is 28.0 Å². The summed E-state index contributed by atoms with van der Waals surface area (Å²) in [5.41, 5.74) is 1.93. The average molecular weight is 437 g/mol. The number of nitrogens with one attached hydrogen (secondary N) is 1. The molecular formula is C24H27N3O5. The molecule has 4 rings (SSSR count). The molecule has 2 aliphatic heterocycles. The van der Waals surface area contributed by atoms with Crippen LogP contribution in [0.2, 0.25) is 0 Å². The fourth-order valence-electron chi connectivity index (χ4n) is 4.20. The number of nitrogens with zero attached hydrogens (tertiary/aromatic N) is 2. The molecule has 2 saturated heterocycles. The van der Waals surface area contributed by atoms with Gasteiger partial charge in [0.05, 0.1) is 31.0 Å². The van der Waals surface area contributed by atoms with Gasteiger partial charge in [0, 0.05) is 37.7 Å². The van der Waals surface area contributed by atoms with Gasteiger partial charge in [0.1, 0.15) is 11.5 Å². The summed E-state index contributed by atoms with van der Waals surface area (Å²) in [5.74, 6) is 0.383. The van der Waals surface area contributed by atoms with E-state index >= 15 is 0 Å². The van der Waals surface area contributed by atoms with E-state index in [0.717, 1.165) is 6.42 Å². The van der Waals surface area contributed by atoms with Crippen molar-refractivity contribution in [1.29, 1.82) is 0 Å². The first-order chi connectivity index (χ1) is 15.5. The van der Waals surface area contributed by atoms with Crippen molar-refractivity contribution in [3.05, 3.63) is 42.5 Å². The van der Waals surface area contributed by atoms with Gasteiger partial charge in [-0.05, 0) is 37.6 Å². The largest absolute Gasteiger partial charge is 0.494 e. The summed E-state index contributed by atoms with van der Waals surface area (Å²) >= 11 is 0. The van der Waals surface area contributed by atoms with Gasteiger partial charge >= 0.3 is 0 Å². The lowest BCUT2D eigenvalue weighted by molar-refractivity contribution is -0.122. The van der Waals surface area contributed by atoms with Crippen molar-refractivity contribution in [3.8, 4) is 11.5 Å². The van der Waals surface area contributed by atoms with Crippen LogP contribution in [0.4, 0.5) is 17.1 Å². The van der Waals surface area contributed by atoms with E-state index in [1.807, 2.05) is 31.2 Å². The molecule has 32 heavy (non-hydrogen) atoms. The topological polar surface area (TPSA) is 88.2 Å². The molecule has 168 valence electrons. The average Bonchev–Trinajstić information content (AvgIpc) is 3.40. The van der Waals surface area contributed by atoms with Gasteiger partial charge < -0.3 is 24.6 Å². The van der Waals surface area contributed by atoms with Crippen molar-refractivity contribution in [2.45, 2.75) is 26.2 Å². The quantitative estimate of drug-likeness (QED) is 0.719. The fourth-order valence-corrected chi connectivity index (χ4v) is 4.20. The molecule has 0 aromatic heterocycles. The van der Waals surface area contributed by atoms with Crippen LogP contribution in [0.15, 0.2) is 42.5 Å². The van der Waals surface area contributed by atoms with Crippen molar-refractivity contribution < 1.29 is 23.9 Å². The third kappa shape index (κ3) is 4.26. The Hall–Kier alpha value is -3.55. The standard InChI is InChI=1S/C24H27N3O5/c1-3-32-20-8-5-4-7-18(20)27-15-16(13-23(27)29)24(30)25-17-10-11-19(21(14-17)31-2)26-12-6-9-22(26)28/h4-5,7-8,10-11,14,16H,3,6,9,12-13,15H2,1-2H3,(H,25,30)/t16-/m1/s1. The summed E-state index contributed by atoms with van der Waals surface area (Å²) in [6, 6.07) is 12.6. The number of carbonyl (C=O) groups excluding carboxylic acids is 3. The van der Waals surface area contributed by atoms with Gasteiger partial charge in [-0.25, -0.2) is 0 Å². The first-order valence-electron chi connectivity index (χ1n) is 10.8. The lowest BCUT2D eigenvalue weighted by Gasteiger charge is -2.21. The molecule has 0 unspecified atom stereocenters. The normalized spacial score (nSPS) is 18.2. The third-order valence-electron chi connectivity index (χ3n) is 5.76. The monoisotopic (exact) mass is 437 g/mol. The summed E-state index contributed by atoms with van der Waals surface area (Å²) < 4.78 is 11.1. The summed E-state index contributed by atoms with van der Waals surface area (Å²) in [6.45, 7) is 3.32.